The molecular formula is C51H48IrN3. The summed E-state index contributed by atoms with van der Waals surface area (Å²) in [6.45, 7) is 14.0. The summed E-state index contributed by atoms with van der Waals surface area (Å²) in [5.74, 6) is 0. The van der Waals surface area contributed by atoms with Crippen LogP contribution in [-0.2, 0) is 55.6 Å². The van der Waals surface area contributed by atoms with Crippen molar-refractivity contribution in [1.29, 1.82) is 0 Å². The molecule has 3 nitrogen and oxygen atoms in total. The molecule has 55 heavy (non-hydrogen) atoms. The van der Waals surface area contributed by atoms with Gasteiger partial charge in [0, 0.05) is 18.6 Å². The van der Waals surface area contributed by atoms with Crippen LogP contribution in [0.3, 0.4) is 0 Å². The average molecular weight is 895 g/mol. The average Bonchev–Trinajstić information content (AvgIpc) is 3.18. The Bertz CT molecular complexity index is 2000. The van der Waals surface area contributed by atoms with Gasteiger partial charge in [0.2, 0.25) is 0 Å². The fraction of sp³-hybridized carbons (Fsp3) is 0.235. The van der Waals surface area contributed by atoms with E-state index in [9.17, 15) is 0 Å². The van der Waals surface area contributed by atoms with Crippen molar-refractivity contribution in [2.75, 3.05) is 0 Å². The Hall–Kier alpha value is -5.02. The quantitative estimate of drug-likeness (QED) is 0.115. The first kappa shape index (κ1) is 39.7. The van der Waals surface area contributed by atoms with Gasteiger partial charge in [0.25, 0.3) is 0 Å². The first-order valence-corrected chi connectivity index (χ1v) is 18.9. The monoisotopic (exact) mass is 895 g/mol. The van der Waals surface area contributed by atoms with E-state index in [-0.39, 0.29) is 36.4 Å². The Morgan fingerprint density at radius 3 is 1.25 bits per heavy atom. The van der Waals surface area contributed by atoms with E-state index in [2.05, 4.69) is 138 Å². The number of hydrogen-bond donors (Lipinski definition) is 0. The SMILES string of the molecule is CC(C)(Cc1cc(CC(C)(C)c2ccc(-c3[c-]cccc3)nc2)cc(CC(C)(C)c2ccc(-c3[c-]cccc3)nc2)c1)c1c[c-]c(-c2ccccn2)cc1.[Ir+3]. The molecule has 0 saturated heterocycles. The molecule has 3 heterocycles. The van der Waals surface area contributed by atoms with Crippen LogP contribution in [0.5, 0.6) is 0 Å². The van der Waals surface area contributed by atoms with Crippen molar-refractivity contribution in [3.63, 3.8) is 0 Å². The molecule has 0 atom stereocenters. The third kappa shape index (κ3) is 9.62. The standard InChI is InChI=1S/C51H48N3.Ir/c1-49(2,43-22-20-42(21-23-43)46-19-13-14-28-52-46)32-37-29-38(33-50(3,4)44-24-26-47(53-35-44)40-15-9-7-10-16-40)31-39(30-37)34-51(5,6)45-25-27-48(54-36-45)41-17-11-8-12-18-41;/h7-15,17,19-20,22-31,35-36H,32-34H2,1-6H3;/q-3;+3. The van der Waals surface area contributed by atoms with Crippen LogP contribution in [0.15, 0.2) is 146 Å². The van der Waals surface area contributed by atoms with E-state index in [1.165, 1.54) is 33.4 Å². The number of rotatable bonds is 12. The zero-order chi connectivity index (χ0) is 37.8. The van der Waals surface area contributed by atoms with Crippen molar-refractivity contribution in [3.8, 4) is 33.8 Å². The molecule has 0 aliphatic carbocycles. The van der Waals surface area contributed by atoms with Crippen LogP contribution in [0.25, 0.3) is 33.8 Å². The van der Waals surface area contributed by atoms with Crippen LogP contribution in [0.1, 0.15) is 74.9 Å². The molecule has 0 aliphatic rings. The summed E-state index contributed by atoms with van der Waals surface area (Å²) in [4.78, 5) is 14.2. The van der Waals surface area contributed by atoms with Gasteiger partial charge in [0.1, 0.15) is 0 Å². The maximum atomic E-state index is 4.86. The van der Waals surface area contributed by atoms with E-state index < -0.39 is 0 Å². The minimum Gasteiger partial charge on any atom is -0.305 e. The van der Waals surface area contributed by atoms with Crippen molar-refractivity contribution in [1.82, 2.24) is 15.0 Å². The predicted octanol–water partition coefficient (Wildman–Crippen LogP) is 11.8. The van der Waals surface area contributed by atoms with Gasteiger partial charge in [0.15, 0.2) is 0 Å². The molecule has 0 saturated carbocycles. The van der Waals surface area contributed by atoms with Crippen molar-refractivity contribution >= 4 is 0 Å². The molecule has 0 amide bonds. The molecular weight excluding hydrogens is 847 g/mol. The van der Waals surface area contributed by atoms with Gasteiger partial charge in [0.05, 0.1) is 0 Å². The van der Waals surface area contributed by atoms with Gasteiger partial charge in [-0.2, -0.15) is 0 Å². The first-order valence-electron chi connectivity index (χ1n) is 18.9. The van der Waals surface area contributed by atoms with Gasteiger partial charge < -0.3 is 15.0 Å². The number of benzene rings is 4. The van der Waals surface area contributed by atoms with Gasteiger partial charge in [-0.1, -0.05) is 96.1 Å². The second-order valence-corrected chi connectivity index (χ2v) is 16.5. The number of hydrogen-bond acceptors (Lipinski definition) is 3. The molecule has 0 N–H and O–H groups in total. The molecule has 0 bridgehead atoms. The van der Waals surface area contributed by atoms with Gasteiger partial charge >= 0.3 is 20.1 Å². The van der Waals surface area contributed by atoms with Crippen molar-refractivity contribution < 1.29 is 20.1 Å². The van der Waals surface area contributed by atoms with Crippen molar-refractivity contribution in [2.45, 2.75) is 77.0 Å². The number of aromatic nitrogens is 3. The number of nitrogens with zero attached hydrogens (tertiary/aromatic N) is 3. The molecule has 0 spiro atoms. The van der Waals surface area contributed by atoms with E-state index >= 15 is 0 Å². The molecule has 7 rings (SSSR count). The summed E-state index contributed by atoms with van der Waals surface area (Å²) >= 11 is 0. The Balaban J connectivity index is 0.00000514. The van der Waals surface area contributed by atoms with E-state index in [0.29, 0.717) is 0 Å². The molecule has 3 aromatic heterocycles. The smallest absolute Gasteiger partial charge is 0.305 e. The summed E-state index contributed by atoms with van der Waals surface area (Å²) in [6, 6.07) is 54.7. The minimum atomic E-state index is -0.128. The van der Waals surface area contributed by atoms with Crippen LogP contribution < -0.4 is 0 Å². The number of pyridine rings is 3. The molecule has 0 aliphatic heterocycles. The molecule has 0 fully saturated rings. The third-order valence-electron chi connectivity index (χ3n) is 10.6. The Kier molecular flexibility index (Phi) is 12.1. The third-order valence-corrected chi connectivity index (χ3v) is 10.6. The summed E-state index contributed by atoms with van der Waals surface area (Å²) < 4.78 is 0. The Morgan fingerprint density at radius 2 is 0.873 bits per heavy atom. The molecule has 4 heteroatoms. The summed E-state index contributed by atoms with van der Waals surface area (Å²) in [6.07, 6.45) is 8.61. The molecule has 276 valence electrons. The Labute approximate surface area is 341 Å². The van der Waals surface area contributed by atoms with Crippen molar-refractivity contribution in [2.24, 2.45) is 0 Å². The Morgan fingerprint density at radius 1 is 0.436 bits per heavy atom. The van der Waals surface area contributed by atoms with Gasteiger partial charge in [-0.05, 0) is 86.5 Å². The van der Waals surface area contributed by atoms with E-state index in [1.807, 2.05) is 73.2 Å². The fourth-order valence-corrected chi connectivity index (χ4v) is 7.52. The van der Waals surface area contributed by atoms with Crippen LogP contribution in [0.2, 0.25) is 0 Å². The predicted molar refractivity (Wildman–Crippen MR) is 222 cm³/mol. The van der Waals surface area contributed by atoms with Crippen LogP contribution in [0, 0.1) is 18.2 Å². The normalized spacial score (nSPS) is 11.9. The zero-order valence-corrected chi connectivity index (χ0v) is 35.0. The maximum Gasteiger partial charge on any atom is 3.00 e. The first-order chi connectivity index (χ1) is 25.9. The largest absolute Gasteiger partial charge is 3.00 e. The van der Waals surface area contributed by atoms with Crippen LogP contribution in [-0.4, -0.2) is 15.0 Å². The molecule has 4 aromatic carbocycles. The van der Waals surface area contributed by atoms with E-state index in [4.69, 9.17) is 9.97 Å². The summed E-state index contributed by atoms with van der Waals surface area (Å²) in [7, 11) is 0. The van der Waals surface area contributed by atoms with Crippen molar-refractivity contribution in [3.05, 3.63) is 198 Å². The second-order valence-electron chi connectivity index (χ2n) is 16.5. The second kappa shape index (κ2) is 16.8. The van der Waals surface area contributed by atoms with E-state index in [0.717, 1.165) is 53.0 Å². The van der Waals surface area contributed by atoms with E-state index in [1.54, 1.807) is 0 Å². The summed E-state index contributed by atoms with van der Waals surface area (Å²) in [5.41, 5.74) is 13.2. The van der Waals surface area contributed by atoms with Crippen LogP contribution in [0.4, 0.5) is 0 Å². The van der Waals surface area contributed by atoms with Gasteiger partial charge in [-0.3, -0.25) is 0 Å². The maximum absolute atomic E-state index is 4.86. The molecule has 0 unspecified atom stereocenters. The van der Waals surface area contributed by atoms with Gasteiger partial charge in [-0.15, -0.1) is 107 Å². The zero-order valence-electron chi connectivity index (χ0n) is 32.7. The minimum absolute atomic E-state index is 0. The summed E-state index contributed by atoms with van der Waals surface area (Å²) in [5, 5.41) is 0. The fourth-order valence-electron chi connectivity index (χ4n) is 7.52. The topological polar surface area (TPSA) is 38.7 Å². The molecule has 0 radical (unpaired) electrons. The van der Waals surface area contributed by atoms with Crippen LogP contribution >= 0.6 is 0 Å². The van der Waals surface area contributed by atoms with Gasteiger partial charge in [-0.25, -0.2) is 0 Å². The molecule has 7 aromatic rings.